The van der Waals surface area contributed by atoms with Gasteiger partial charge in [-0.1, -0.05) is 12.1 Å². The summed E-state index contributed by atoms with van der Waals surface area (Å²) in [5, 5.41) is 12.4. The molecule has 0 atom stereocenters. The molecule has 0 amide bonds. The minimum absolute atomic E-state index is 0.165. The van der Waals surface area contributed by atoms with Crippen molar-refractivity contribution in [3.8, 4) is 5.88 Å². The SMILES string of the molecule is CNc1cccc2c1CC(=O)C(C(=O)CCCc1nc(O)cc(=O)[nH]1)=C2. The minimum Gasteiger partial charge on any atom is -0.493 e. The number of H-pyrrole nitrogens is 1. The van der Waals surface area contributed by atoms with Gasteiger partial charge in [0.05, 0.1) is 11.6 Å². The number of carbonyl (C=O) groups excluding carboxylic acids is 2. The van der Waals surface area contributed by atoms with Crippen LogP contribution in [0.4, 0.5) is 5.69 Å². The quantitative estimate of drug-likeness (QED) is 0.680. The predicted octanol–water partition coefficient (Wildman–Crippen LogP) is 1.62. The van der Waals surface area contributed by atoms with E-state index in [2.05, 4.69) is 15.3 Å². The van der Waals surface area contributed by atoms with Crippen LogP contribution in [0.3, 0.4) is 0 Å². The minimum atomic E-state index is -0.444. The third-order valence-electron chi connectivity index (χ3n) is 4.31. The van der Waals surface area contributed by atoms with Crippen molar-refractivity contribution in [2.24, 2.45) is 0 Å². The van der Waals surface area contributed by atoms with Gasteiger partial charge in [-0.15, -0.1) is 0 Å². The van der Waals surface area contributed by atoms with Crippen molar-refractivity contribution in [3.63, 3.8) is 0 Å². The first-order chi connectivity index (χ1) is 12.5. The number of hydrogen-bond acceptors (Lipinski definition) is 6. The summed E-state index contributed by atoms with van der Waals surface area (Å²) in [6.07, 6.45) is 2.76. The maximum Gasteiger partial charge on any atom is 0.254 e. The van der Waals surface area contributed by atoms with Crippen molar-refractivity contribution in [3.05, 3.63) is 57.1 Å². The molecule has 7 nitrogen and oxygen atoms in total. The predicted molar refractivity (Wildman–Crippen MR) is 97.1 cm³/mol. The maximum atomic E-state index is 12.5. The molecular formula is C19H19N3O4. The summed E-state index contributed by atoms with van der Waals surface area (Å²) in [5.41, 5.74) is 2.43. The molecule has 0 saturated heterocycles. The Hall–Kier alpha value is -3.22. The second-order valence-electron chi connectivity index (χ2n) is 6.11. The summed E-state index contributed by atoms with van der Waals surface area (Å²) in [7, 11) is 1.80. The Morgan fingerprint density at radius 3 is 2.88 bits per heavy atom. The Bertz CT molecular complexity index is 959. The molecule has 0 fully saturated rings. The van der Waals surface area contributed by atoms with Gasteiger partial charge in [0.15, 0.2) is 11.6 Å². The molecule has 0 radical (unpaired) electrons. The number of aryl methyl sites for hydroxylation is 1. The van der Waals surface area contributed by atoms with Crippen LogP contribution in [0.15, 0.2) is 34.6 Å². The number of carbonyl (C=O) groups is 2. The normalized spacial score (nSPS) is 13.1. The zero-order chi connectivity index (χ0) is 18.7. The highest BCUT2D eigenvalue weighted by Crippen LogP contribution is 2.28. The maximum absolute atomic E-state index is 12.5. The number of nitrogens with zero attached hydrogens (tertiary/aromatic N) is 1. The zero-order valence-corrected chi connectivity index (χ0v) is 14.3. The standard InChI is InChI=1S/C19H19N3O4/c1-20-14-5-2-4-11-8-13(16(24)9-12(11)14)15(23)6-3-7-17-21-18(25)10-19(26)22-17/h2,4-5,8,10,20H,3,6-7,9H2,1H3,(H2,21,22,25,26). The third kappa shape index (κ3) is 3.72. The number of allylic oxidation sites excluding steroid dienone is 1. The number of Topliss-reactive ketones (excluding diaryl/α,β-unsaturated/α-hetero) is 2. The Morgan fingerprint density at radius 2 is 2.15 bits per heavy atom. The van der Waals surface area contributed by atoms with E-state index >= 15 is 0 Å². The van der Waals surface area contributed by atoms with Gasteiger partial charge in [-0.2, -0.15) is 0 Å². The number of nitrogens with one attached hydrogen (secondary N) is 2. The van der Waals surface area contributed by atoms with Gasteiger partial charge in [0.25, 0.3) is 5.56 Å². The lowest BCUT2D eigenvalue weighted by Crippen LogP contribution is -2.20. The number of aromatic amines is 1. The fraction of sp³-hybridized carbons (Fsp3) is 0.263. The second kappa shape index (κ2) is 7.35. The van der Waals surface area contributed by atoms with Crippen LogP contribution in [-0.2, 0) is 22.4 Å². The van der Waals surface area contributed by atoms with Crippen LogP contribution < -0.4 is 10.9 Å². The lowest BCUT2D eigenvalue weighted by atomic mass is 9.87. The molecule has 0 spiro atoms. The summed E-state index contributed by atoms with van der Waals surface area (Å²) in [4.78, 5) is 42.4. The fourth-order valence-corrected chi connectivity index (χ4v) is 3.06. The highest BCUT2D eigenvalue weighted by atomic mass is 16.3. The molecule has 1 aliphatic carbocycles. The molecule has 0 bridgehead atoms. The molecular weight excluding hydrogens is 334 g/mol. The van der Waals surface area contributed by atoms with E-state index in [1.165, 1.54) is 0 Å². The van der Waals surface area contributed by atoms with Crippen LogP contribution >= 0.6 is 0 Å². The van der Waals surface area contributed by atoms with E-state index in [0.717, 1.165) is 22.9 Å². The lowest BCUT2D eigenvalue weighted by Gasteiger charge is -2.18. The largest absolute Gasteiger partial charge is 0.493 e. The Labute approximate surface area is 149 Å². The Kier molecular flexibility index (Phi) is 4.97. The Morgan fingerprint density at radius 1 is 1.35 bits per heavy atom. The molecule has 1 aromatic heterocycles. The van der Waals surface area contributed by atoms with E-state index in [1.807, 2.05) is 18.2 Å². The number of anilines is 1. The van der Waals surface area contributed by atoms with Crippen LogP contribution in [0, 0.1) is 0 Å². The van der Waals surface area contributed by atoms with Gasteiger partial charge < -0.3 is 15.4 Å². The third-order valence-corrected chi connectivity index (χ3v) is 4.31. The first-order valence-electron chi connectivity index (χ1n) is 8.35. The van der Waals surface area contributed by atoms with Crippen LogP contribution in [-0.4, -0.2) is 33.7 Å². The number of hydrogen-bond donors (Lipinski definition) is 3. The molecule has 26 heavy (non-hydrogen) atoms. The van der Waals surface area contributed by atoms with Crippen molar-refractivity contribution >= 4 is 23.3 Å². The van der Waals surface area contributed by atoms with Gasteiger partial charge in [-0.3, -0.25) is 14.4 Å². The number of aromatic hydroxyl groups is 1. The summed E-state index contributed by atoms with van der Waals surface area (Å²) in [6.45, 7) is 0. The Balaban J connectivity index is 1.70. The van der Waals surface area contributed by atoms with Gasteiger partial charge in [0.2, 0.25) is 5.88 Å². The topological polar surface area (TPSA) is 112 Å². The van der Waals surface area contributed by atoms with Gasteiger partial charge >= 0.3 is 0 Å². The summed E-state index contributed by atoms with van der Waals surface area (Å²) < 4.78 is 0. The van der Waals surface area contributed by atoms with E-state index in [0.29, 0.717) is 18.7 Å². The van der Waals surface area contributed by atoms with Crippen molar-refractivity contribution in [2.45, 2.75) is 25.7 Å². The number of benzene rings is 1. The molecule has 3 N–H and O–H groups in total. The fourth-order valence-electron chi connectivity index (χ4n) is 3.06. The highest BCUT2D eigenvalue weighted by molar-refractivity contribution is 6.25. The molecule has 1 heterocycles. The molecule has 0 unspecified atom stereocenters. The monoisotopic (exact) mass is 353 g/mol. The number of rotatable bonds is 6. The van der Waals surface area contributed by atoms with Crippen molar-refractivity contribution in [1.29, 1.82) is 0 Å². The summed E-state index contributed by atoms with van der Waals surface area (Å²) >= 11 is 0. The highest BCUT2D eigenvalue weighted by Gasteiger charge is 2.25. The average Bonchev–Trinajstić information content (AvgIpc) is 2.59. The summed E-state index contributed by atoms with van der Waals surface area (Å²) in [5.74, 6) is -0.444. The van der Waals surface area contributed by atoms with Crippen molar-refractivity contribution in [1.82, 2.24) is 9.97 Å². The lowest BCUT2D eigenvalue weighted by molar-refractivity contribution is -0.121. The van der Waals surface area contributed by atoms with E-state index in [9.17, 15) is 19.5 Å². The van der Waals surface area contributed by atoms with Gasteiger partial charge in [-0.25, -0.2) is 4.98 Å². The van der Waals surface area contributed by atoms with E-state index in [-0.39, 0.29) is 35.9 Å². The second-order valence-corrected chi connectivity index (χ2v) is 6.11. The molecule has 0 aliphatic heterocycles. The molecule has 0 saturated carbocycles. The van der Waals surface area contributed by atoms with Crippen LogP contribution in [0.2, 0.25) is 0 Å². The van der Waals surface area contributed by atoms with Crippen molar-refractivity contribution < 1.29 is 14.7 Å². The van der Waals surface area contributed by atoms with E-state index < -0.39 is 5.56 Å². The molecule has 3 rings (SSSR count). The van der Waals surface area contributed by atoms with Crippen molar-refractivity contribution in [2.75, 3.05) is 12.4 Å². The van der Waals surface area contributed by atoms with Crippen LogP contribution in [0.1, 0.15) is 29.8 Å². The van der Waals surface area contributed by atoms with Crippen LogP contribution in [0.5, 0.6) is 5.88 Å². The first-order valence-corrected chi connectivity index (χ1v) is 8.35. The van der Waals surface area contributed by atoms with E-state index in [1.54, 1.807) is 13.1 Å². The van der Waals surface area contributed by atoms with E-state index in [4.69, 9.17) is 0 Å². The van der Waals surface area contributed by atoms with Crippen LogP contribution in [0.25, 0.3) is 6.08 Å². The molecule has 2 aromatic rings. The number of ketones is 2. The molecule has 134 valence electrons. The number of fused-ring (bicyclic) bond motifs is 1. The molecule has 7 heteroatoms. The number of aromatic nitrogens is 2. The smallest absolute Gasteiger partial charge is 0.254 e. The first kappa shape index (κ1) is 17.6. The summed E-state index contributed by atoms with van der Waals surface area (Å²) in [6, 6.07) is 6.65. The van der Waals surface area contributed by atoms with Gasteiger partial charge in [0, 0.05) is 32.0 Å². The van der Waals surface area contributed by atoms with Gasteiger partial charge in [-0.05, 0) is 29.7 Å². The molecule has 1 aliphatic rings. The average molecular weight is 353 g/mol. The van der Waals surface area contributed by atoms with Gasteiger partial charge in [0.1, 0.15) is 5.82 Å². The molecule has 1 aromatic carbocycles. The zero-order valence-electron chi connectivity index (χ0n) is 14.3.